The van der Waals surface area contributed by atoms with Gasteiger partial charge in [0.15, 0.2) is 0 Å². The summed E-state index contributed by atoms with van der Waals surface area (Å²) in [7, 11) is 3.17. The Balaban J connectivity index is 1.36. The van der Waals surface area contributed by atoms with Crippen molar-refractivity contribution >= 4 is 23.2 Å². The van der Waals surface area contributed by atoms with Gasteiger partial charge in [-0.05, 0) is 61.0 Å². The summed E-state index contributed by atoms with van der Waals surface area (Å²) in [5.41, 5.74) is 2.54. The van der Waals surface area contributed by atoms with Crippen molar-refractivity contribution in [3.05, 3.63) is 72.2 Å². The number of piperazine rings is 1. The van der Waals surface area contributed by atoms with Crippen molar-refractivity contribution < 1.29 is 23.5 Å². The molecule has 1 aliphatic rings. The Bertz CT molecular complexity index is 1160. The Morgan fingerprint density at radius 3 is 2.36 bits per heavy atom. The summed E-state index contributed by atoms with van der Waals surface area (Å²) in [6.45, 7) is 5.35. The van der Waals surface area contributed by atoms with E-state index in [4.69, 9.17) is 13.9 Å². The van der Waals surface area contributed by atoms with Gasteiger partial charge in [-0.3, -0.25) is 14.5 Å². The number of nitrogens with zero attached hydrogens (tertiary/aromatic N) is 2. The van der Waals surface area contributed by atoms with Crippen molar-refractivity contribution in [1.29, 1.82) is 0 Å². The molecule has 3 aromatic rings. The van der Waals surface area contributed by atoms with Gasteiger partial charge < -0.3 is 29.4 Å². The van der Waals surface area contributed by atoms with Crippen LogP contribution in [0.5, 0.6) is 11.5 Å². The predicted octanol–water partition coefficient (Wildman–Crippen LogP) is 3.22. The van der Waals surface area contributed by atoms with Gasteiger partial charge in [-0.15, -0.1) is 0 Å². The molecule has 0 bridgehead atoms. The first-order valence-corrected chi connectivity index (χ1v) is 11.9. The average molecular weight is 493 g/mol. The number of anilines is 2. The van der Waals surface area contributed by atoms with Crippen molar-refractivity contribution in [2.45, 2.75) is 13.0 Å². The molecule has 2 heterocycles. The summed E-state index contributed by atoms with van der Waals surface area (Å²) in [6.07, 6.45) is 1.62. The molecule has 0 radical (unpaired) electrons. The van der Waals surface area contributed by atoms with E-state index in [0.29, 0.717) is 11.4 Å². The minimum atomic E-state index is -0.749. The van der Waals surface area contributed by atoms with Crippen LogP contribution in [0.1, 0.15) is 17.4 Å². The average Bonchev–Trinajstić information content (AvgIpc) is 3.44. The number of ether oxygens (including phenoxy) is 2. The Labute approximate surface area is 211 Å². The summed E-state index contributed by atoms with van der Waals surface area (Å²) in [5, 5.41) is 5.42. The number of hydrogen-bond acceptors (Lipinski definition) is 7. The van der Waals surface area contributed by atoms with Gasteiger partial charge >= 0.3 is 11.8 Å². The number of amides is 2. The summed E-state index contributed by atoms with van der Waals surface area (Å²) in [4.78, 5) is 29.8. The van der Waals surface area contributed by atoms with E-state index in [1.165, 1.54) is 7.11 Å². The molecule has 9 nitrogen and oxygen atoms in total. The number of benzene rings is 2. The molecule has 190 valence electrons. The van der Waals surface area contributed by atoms with Gasteiger partial charge in [0, 0.05) is 38.4 Å². The van der Waals surface area contributed by atoms with E-state index >= 15 is 0 Å². The highest BCUT2D eigenvalue weighted by Gasteiger charge is 2.28. The predicted molar refractivity (Wildman–Crippen MR) is 138 cm³/mol. The molecule has 9 heteroatoms. The molecule has 0 spiro atoms. The zero-order chi connectivity index (χ0) is 25.5. The molecule has 36 heavy (non-hydrogen) atoms. The van der Waals surface area contributed by atoms with Gasteiger partial charge in [-0.2, -0.15) is 0 Å². The minimum Gasteiger partial charge on any atom is -0.497 e. The maximum absolute atomic E-state index is 12.6. The summed E-state index contributed by atoms with van der Waals surface area (Å²) in [6, 6.07) is 16.9. The second-order valence-corrected chi connectivity index (χ2v) is 8.62. The molecule has 1 unspecified atom stereocenters. The van der Waals surface area contributed by atoms with E-state index in [2.05, 4.69) is 32.6 Å². The molecule has 2 amide bonds. The maximum atomic E-state index is 12.6. The largest absolute Gasteiger partial charge is 0.497 e. The summed E-state index contributed by atoms with van der Waals surface area (Å²) < 4.78 is 16.2. The Hall–Kier alpha value is -3.98. The molecule has 2 aromatic carbocycles. The van der Waals surface area contributed by atoms with Crippen molar-refractivity contribution in [2.24, 2.45) is 0 Å². The van der Waals surface area contributed by atoms with Crippen LogP contribution < -0.4 is 25.0 Å². The maximum Gasteiger partial charge on any atom is 0.313 e. The van der Waals surface area contributed by atoms with Gasteiger partial charge in [0.25, 0.3) is 0 Å². The normalized spacial score (nSPS) is 14.7. The van der Waals surface area contributed by atoms with E-state index in [9.17, 15) is 9.59 Å². The fourth-order valence-electron chi connectivity index (χ4n) is 4.34. The van der Waals surface area contributed by atoms with Crippen LogP contribution in [0.4, 0.5) is 11.4 Å². The lowest BCUT2D eigenvalue weighted by molar-refractivity contribution is -0.136. The topological polar surface area (TPSA) is 96.3 Å². The van der Waals surface area contributed by atoms with Crippen LogP contribution in [-0.4, -0.2) is 63.7 Å². The highest BCUT2D eigenvalue weighted by Crippen LogP contribution is 2.27. The molecule has 1 aromatic heterocycles. The molecule has 0 saturated carbocycles. The van der Waals surface area contributed by atoms with Crippen LogP contribution in [0.25, 0.3) is 0 Å². The van der Waals surface area contributed by atoms with E-state index in [1.807, 2.05) is 37.3 Å². The fourth-order valence-corrected chi connectivity index (χ4v) is 4.34. The number of methoxy groups -OCH3 is 2. The number of carbonyl (C=O) groups excluding carboxylic acids is 2. The van der Waals surface area contributed by atoms with E-state index in [0.717, 1.165) is 48.9 Å². The number of rotatable bonds is 8. The van der Waals surface area contributed by atoms with E-state index in [1.54, 1.807) is 25.5 Å². The lowest BCUT2D eigenvalue weighted by Crippen LogP contribution is -2.50. The second kappa shape index (κ2) is 11.6. The van der Waals surface area contributed by atoms with E-state index < -0.39 is 11.8 Å². The zero-order valence-electron chi connectivity index (χ0n) is 20.8. The van der Waals surface area contributed by atoms with Gasteiger partial charge in [0.05, 0.1) is 32.2 Å². The Kier molecular flexibility index (Phi) is 8.12. The number of carbonyl (C=O) groups is 2. The lowest BCUT2D eigenvalue weighted by atomic mass is 10.1. The molecule has 1 saturated heterocycles. The smallest absolute Gasteiger partial charge is 0.313 e. The van der Waals surface area contributed by atoms with Crippen molar-refractivity contribution in [2.75, 3.05) is 57.2 Å². The number of hydrogen-bond donors (Lipinski definition) is 2. The number of aryl methyl sites for hydroxylation is 1. The highest BCUT2D eigenvalue weighted by molar-refractivity contribution is 6.39. The second-order valence-electron chi connectivity index (χ2n) is 8.62. The summed E-state index contributed by atoms with van der Waals surface area (Å²) in [5.74, 6) is 0.600. The highest BCUT2D eigenvalue weighted by atomic mass is 16.5. The quantitative estimate of drug-likeness (QED) is 0.466. The molecular weight excluding hydrogens is 460 g/mol. The molecule has 1 atom stereocenters. The number of nitrogens with one attached hydrogen (secondary N) is 2. The van der Waals surface area contributed by atoms with Crippen LogP contribution in [0, 0.1) is 6.92 Å². The third-order valence-electron chi connectivity index (χ3n) is 6.33. The lowest BCUT2D eigenvalue weighted by Gasteiger charge is -2.39. The third-order valence-corrected chi connectivity index (χ3v) is 6.33. The number of furan rings is 1. The first-order chi connectivity index (χ1) is 17.5. The zero-order valence-corrected chi connectivity index (χ0v) is 20.8. The van der Waals surface area contributed by atoms with Crippen LogP contribution in [0.3, 0.4) is 0 Å². The van der Waals surface area contributed by atoms with Crippen molar-refractivity contribution in [3.8, 4) is 11.5 Å². The van der Waals surface area contributed by atoms with E-state index in [-0.39, 0.29) is 12.6 Å². The first-order valence-electron chi connectivity index (χ1n) is 11.9. The third kappa shape index (κ3) is 5.98. The Morgan fingerprint density at radius 2 is 1.72 bits per heavy atom. The van der Waals surface area contributed by atoms with Crippen LogP contribution in [-0.2, 0) is 9.59 Å². The molecule has 1 fully saturated rings. The fraction of sp³-hybridized carbons (Fsp3) is 0.333. The minimum absolute atomic E-state index is 0.191. The van der Waals surface area contributed by atoms with Gasteiger partial charge in [0.2, 0.25) is 0 Å². The standard InChI is InChI=1S/C27H32N4O5/c1-19-6-11-24(35-3)22(17-19)29-27(33)26(32)28-18-23(25-5-4-16-36-25)31-14-12-30(13-15-31)20-7-9-21(34-2)10-8-20/h4-11,16-17,23H,12-15,18H2,1-3H3,(H,28,32)(H,29,33). The van der Waals surface area contributed by atoms with Crippen molar-refractivity contribution in [3.63, 3.8) is 0 Å². The summed E-state index contributed by atoms with van der Waals surface area (Å²) >= 11 is 0. The van der Waals surface area contributed by atoms with Crippen LogP contribution >= 0.6 is 0 Å². The molecule has 2 N–H and O–H groups in total. The van der Waals surface area contributed by atoms with Crippen LogP contribution in [0.15, 0.2) is 65.3 Å². The van der Waals surface area contributed by atoms with Gasteiger partial charge in [-0.25, -0.2) is 0 Å². The molecule has 4 rings (SSSR count). The SMILES string of the molecule is COc1ccc(N2CCN(C(CNC(=O)C(=O)Nc3cc(C)ccc3OC)c3ccco3)CC2)cc1. The Morgan fingerprint density at radius 1 is 0.972 bits per heavy atom. The van der Waals surface area contributed by atoms with Crippen molar-refractivity contribution in [1.82, 2.24) is 10.2 Å². The van der Waals surface area contributed by atoms with Gasteiger partial charge in [0.1, 0.15) is 17.3 Å². The molecule has 1 aliphatic heterocycles. The molecule has 0 aliphatic carbocycles. The first kappa shape index (κ1) is 25.1. The van der Waals surface area contributed by atoms with Crippen LogP contribution in [0.2, 0.25) is 0 Å². The van der Waals surface area contributed by atoms with Gasteiger partial charge in [-0.1, -0.05) is 6.07 Å². The monoisotopic (exact) mass is 492 g/mol. The molecular formula is C27H32N4O5.